The zero-order chi connectivity index (χ0) is 17.1. The number of halogens is 3. The second-order valence-electron chi connectivity index (χ2n) is 5.33. The number of aliphatic carboxylic acids is 1. The van der Waals surface area contributed by atoms with Gasteiger partial charge in [0.15, 0.2) is 0 Å². The van der Waals surface area contributed by atoms with E-state index < -0.39 is 29.2 Å². The average molecular weight is 315 g/mol. The van der Waals surface area contributed by atoms with Crippen LogP contribution in [-0.2, 0) is 21.3 Å². The van der Waals surface area contributed by atoms with Gasteiger partial charge in [0.05, 0.1) is 17.5 Å². The highest BCUT2D eigenvalue weighted by Crippen LogP contribution is 2.30. The van der Waals surface area contributed by atoms with Crippen molar-refractivity contribution in [3.63, 3.8) is 0 Å². The Morgan fingerprint density at radius 1 is 1.14 bits per heavy atom. The Morgan fingerprint density at radius 3 is 2.00 bits per heavy atom. The van der Waals surface area contributed by atoms with Crippen LogP contribution in [0.2, 0.25) is 0 Å². The molecule has 0 unspecified atom stereocenters. The molecule has 4 nitrogen and oxygen atoms in total. The summed E-state index contributed by atoms with van der Waals surface area (Å²) in [6.45, 7) is 6.47. The number of carboxylic acids is 1. The summed E-state index contributed by atoms with van der Waals surface area (Å²) in [7, 11) is 0. The molecule has 0 fully saturated rings. The molecule has 120 valence electrons. The Balaban J connectivity index is 2.84. The van der Waals surface area contributed by atoms with Gasteiger partial charge in [0.2, 0.25) is 5.91 Å². The Bertz CT molecular complexity index is 589. The van der Waals surface area contributed by atoms with Gasteiger partial charge in [0, 0.05) is 5.57 Å². The van der Waals surface area contributed by atoms with Gasteiger partial charge >= 0.3 is 12.1 Å². The Kier molecular flexibility index (Phi) is 5.01. The van der Waals surface area contributed by atoms with Gasteiger partial charge in [-0.05, 0) is 31.5 Å². The van der Waals surface area contributed by atoms with E-state index in [1.54, 1.807) is 13.8 Å². The second-order valence-corrected chi connectivity index (χ2v) is 5.33. The molecule has 0 atom stereocenters. The topological polar surface area (TPSA) is 66.4 Å². The van der Waals surface area contributed by atoms with Crippen LogP contribution < -0.4 is 5.32 Å². The van der Waals surface area contributed by atoms with Gasteiger partial charge < -0.3 is 10.4 Å². The van der Waals surface area contributed by atoms with Crippen LogP contribution in [0, 0.1) is 0 Å². The molecule has 1 aromatic carbocycles. The van der Waals surface area contributed by atoms with Crippen molar-refractivity contribution in [3.05, 3.63) is 47.5 Å². The number of nitrogens with one attached hydrogen (secondary N) is 1. The SMILES string of the molecule is C=C(CC(=O)NC(C)(C)c1ccc(C(F)(F)F)cc1)C(=O)O. The predicted octanol–water partition coefficient (Wildman–Crippen LogP) is 3.09. The third-order valence-electron chi connectivity index (χ3n) is 3.06. The molecule has 7 heteroatoms. The monoisotopic (exact) mass is 315 g/mol. The van der Waals surface area contributed by atoms with E-state index in [2.05, 4.69) is 11.9 Å². The van der Waals surface area contributed by atoms with Crippen LogP contribution >= 0.6 is 0 Å². The molecule has 0 heterocycles. The Hall–Kier alpha value is -2.31. The van der Waals surface area contributed by atoms with E-state index in [0.29, 0.717) is 5.56 Å². The van der Waals surface area contributed by atoms with Crippen molar-refractivity contribution in [1.82, 2.24) is 5.32 Å². The van der Waals surface area contributed by atoms with Gasteiger partial charge in [-0.25, -0.2) is 4.79 Å². The average Bonchev–Trinajstić information content (AvgIpc) is 2.36. The van der Waals surface area contributed by atoms with Gasteiger partial charge in [-0.2, -0.15) is 13.2 Å². The first-order chi connectivity index (χ1) is 9.93. The molecule has 0 aliphatic rings. The van der Waals surface area contributed by atoms with Gasteiger partial charge in [0.1, 0.15) is 0 Å². The van der Waals surface area contributed by atoms with E-state index in [9.17, 15) is 22.8 Å². The standard InChI is InChI=1S/C15H16F3NO3/c1-9(13(21)22)8-12(20)19-14(2,3)10-4-6-11(7-5-10)15(16,17)18/h4-7H,1,8H2,2-3H3,(H,19,20)(H,21,22). The number of carbonyl (C=O) groups excluding carboxylic acids is 1. The molecule has 1 aromatic rings. The molecule has 0 aliphatic carbocycles. The van der Waals surface area contributed by atoms with Crippen molar-refractivity contribution in [3.8, 4) is 0 Å². The first-order valence-electron chi connectivity index (χ1n) is 6.33. The van der Waals surface area contributed by atoms with Crippen molar-refractivity contribution in [2.75, 3.05) is 0 Å². The van der Waals surface area contributed by atoms with E-state index in [-0.39, 0.29) is 12.0 Å². The fourth-order valence-electron chi connectivity index (χ4n) is 1.81. The van der Waals surface area contributed by atoms with Crippen molar-refractivity contribution in [2.45, 2.75) is 32.0 Å². The third kappa shape index (κ3) is 4.61. The summed E-state index contributed by atoms with van der Waals surface area (Å²) in [5.74, 6) is -1.85. The van der Waals surface area contributed by atoms with Crippen LogP contribution in [0.5, 0.6) is 0 Å². The number of hydrogen-bond donors (Lipinski definition) is 2. The van der Waals surface area contributed by atoms with E-state index in [4.69, 9.17) is 5.11 Å². The molecule has 0 aliphatic heterocycles. The van der Waals surface area contributed by atoms with Gasteiger partial charge in [-0.15, -0.1) is 0 Å². The lowest BCUT2D eigenvalue weighted by Crippen LogP contribution is -2.41. The summed E-state index contributed by atoms with van der Waals surface area (Å²) >= 11 is 0. The third-order valence-corrected chi connectivity index (χ3v) is 3.06. The van der Waals surface area contributed by atoms with E-state index in [0.717, 1.165) is 12.1 Å². The normalized spacial score (nSPS) is 11.9. The molecule has 0 bridgehead atoms. The Labute approximate surface area is 125 Å². The van der Waals surface area contributed by atoms with Crippen molar-refractivity contribution < 1.29 is 27.9 Å². The summed E-state index contributed by atoms with van der Waals surface area (Å²) in [5, 5.41) is 11.2. The Morgan fingerprint density at radius 2 is 1.59 bits per heavy atom. The van der Waals surface area contributed by atoms with Crippen molar-refractivity contribution in [2.24, 2.45) is 0 Å². The van der Waals surface area contributed by atoms with E-state index >= 15 is 0 Å². The lowest BCUT2D eigenvalue weighted by Gasteiger charge is -2.27. The lowest BCUT2D eigenvalue weighted by atomic mass is 9.93. The van der Waals surface area contributed by atoms with Crippen LogP contribution in [0.15, 0.2) is 36.4 Å². The number of carboxylic acid groups (broad SMARTS) is 1. The number of rotatable bonds is 5. The number of amides is 1. The summed E-state index contributed by atoms with van der Waals surface area (Å²) in [6, 6.07) is 4.41. The smallest absolute Gasteiger partial charge is 0.416 e. The maximum atomic E-state index is 12.5. The van der Waals surface area contributed by atoms with Crippen molar-refractivity contribution in [1.29, 1.82) is 0 Å². The van der Waals surface area contributed by atoms with Gasteiger partial charge in [-0.1, -0.05) is 18.7 Å². The van der Waals surface area contributed by atoms with Gasteiger partial charge in [0.25, 0.3) is 0 Å². The van der Waals surface area contributed by atoms with Crippen LogP contribution in [-0.4, -0.2) is 17.0 Å². The van der Waals surface area contributed by atoms with Crippen molar-refractivity contribution >= 4 is 11.9 Å². The van der Waals surface area contributed by atoms with E-state index in [1.807, 2.05) is 0 Å². The van der Waals surface area contributed by atoms with Crippen LogP contribution in [0.3, 0.4) is 0 Å². The van der Waals surface area contributed by atoms with Crippen LogP contribution in [0.1, 0.15) is 31.4 Å². The molecule has 2 N–H and O–H groups in total. The molecule has 0 saturated heterocycles. The zero-order valence-electron chi connectivity index (χ0n) is 12.1. The van der Waals surface area contributed by atoms with Gasteiger partial charge in [-0.3, -0.25) is 4.79 Å². The highest BCUT2D eigenvalue weighted by molar-refractivity contribution is 5.93. The fourth-order valence-corrected chi connectivity index (χ4v) is 1.81. The highest BCUT2D eigenvalue weighted by atomic mass is 19.4. The summed E-state index contributed by atoms with van der Waals surface area (Å²) < 4.78 is 37.5. The maximum Gasteiger partial charge on any atom is 0.416 e. The highest BCUT2D eigenvalue weighted by Gasteiger charge is 2.31. The summed E-state index contributed by atoms with van der Waals surface area (Å²) in [5.41, 5.74) is -1.52. The molecular weight excluding hydrogens is 299 g/mol. The van der Waals surface area contributed by atoms with Crippen LogP contribution in [0.4, 0.5) is 13.2 Å². The summed E-state index contributed by atoms with van der Waals surface area (Å²) in [6.07, 6.45) is -4.81. The first kappa shape index (κ1) is 17.7. The number of hydrogen-bond acceptors (Lipinski definition) is 2. The van der Waals surface area contributed by atoms with Crippen LogP contribution in [0.25, 0.3) is 0 Å². The minimum Gasteiger partial charge on any atom is -0.478 e. The molecule has 22 heavy (non-hydrogen) atoms. The number of alkyl halides is 3. The largest absolute Gasteiger partial charge is 0.478 e. The number of carbonyl (C=O) groups is 2. The quantitative estimate of drug-likeness (QED) is 0.821. The second kappa shape index (κ2) is 6.21. The maximum absolute atomic E-state index is 12.5. The predicted molar refractivity (Wildman–Crippen MR) is 74.0 cm³/mol. The molecule has 0 radical (unpaired) electrons. The minimum atomic E-state index is -4.43. The van der Waals surface area contributed by atoms with E-state index in [1.165, 1.54) is 12.1 Å². The first-order valence-corrected chi connectivity index (χ1v) is 6.33. The molecular formula is C15H16F3NO3. The minimum absolute atomic E-state index is 0.263. The fraction of sp³-hybridized carbons (Fsp3) is 0.333. The molecule has 0 aromatic heterocycles. The summed E-state index contributed by atoms with van der Waals surface area (Å²) in [4.78, 5) is 22.4. The molecule has 0 saturated carbocycles. The molecule has 0 spiro atoms. The lowest BCUT2D eigenvalue weighted by molar-refractivity contribution is -0.137. The number of benzene rings is 1. The molecule has 1 amide bonds. The zero-order valence-corrected chi connectivity index (χ0v) is 12.1. The molecule has 1 rings (SSSR count).